The van der Waals surface area contributed by atoms with Crippen molar-refractivity contribution in [2.24, 2.45) is 11.8 Å². The first kappa shape index (κ1) is 15.4. The number of aliphatic hydroxyl groups is 1. The van der Waals surface area contributed by atoms with E-state index in [1.54, 1.807) is 19.1 Å². The summed E-state index contributed by atoms with van der Waals surface area (Å²) in [4.78, 5) is 0. The molecule has 0 amide bonds. The molecule has 112 valence electrons. The van der Waals surface area contributed by atoms with Crippen LogP contribution in [0.2, 0.25) is 0 Å². The lowest BCUT2D eigenvalue weighted by atomic mass is 9.64. The van der Waals surface area contributed by atoms with Crippen molar-refractivity contribution < 1.29 is 13.9 Å². The molecular formula is C17H24F2O. The van der Waals surface area contributed by atoms with E-state index in [1.165, 1.54) is 0 Å². The SMILES string of the molecule is Cc1ccc(C(C)(C)C2CCC(C)CC2O)c(F)c1F. The molecule has 0 bridgehead atoms. The van der Waals surface area contributed by atoms with E-state index in [4.69, 9.17) is 0 Å². The van der Waals surface area contributed by atoms with Gasteiger partial charge in [0.15, 0.2) is 11.6 Å². The smallest absolute Gasteiger partial charge is 0.162 e. The van der Waals surface area contributed by atoms with E-state index in [0.29, 0.717) is 17.0 Å². The summed E-state index contributed by atoms with van der Waals surface area (Å²) in [5.41, 5.74) is 0.122. The molecule has 0 radical (unpaired) electrons. The summed E-state index contributed by atoms with van der Waals surface area (Å²) in [7, 11) is 0. The Morgan fingerprint density at radius 3 is 2.40 bits per heavy atom. The van der Waals surface area contributed by atoms with E-state index in [-0.39, 0.29) is 5.92 Å². The summed E-state index contributed by atoms with van der Waals surface area (Å²) in [6, 6.07) is 3.28. The largest absolute Gasteiger partial charge is 0.393 e. The summed E-state index contributed by atoms with van der Waals surface area (Å²) >= 11 is 0. The van der Waals surface area contributed by atoms with E-state index >= 15 is 0 Å². The summed E-state index contributed by atoms with van der Waals surface area (Å²) in [5, 5.41) is 10.3. The van der Waals surface area contributed by atoms with Gasteiger partial charge in [-0.25, -0.2) is 8.78 Å². The molecule has 1 fully saturated rings. The molecule has 1 N–H and O–H groups in total. The minimum atomic E-state index is -0.769. The minimum Gasteiger partial charge on any atom is -0.393 e. The topological polar surface area (TPSA) is 20.2 Å². The molecule has 0 saturated heterocycles. The van der Waals surface area contributed by atoms with Gasteiger partial charge in [0.2, 0.25) is 0 Å². The first-order chi connectivity index (χ1) is 9.25. The highest BCUT2D eigenvalue weighted by atomic mass is 19.2. The fourth-order valence-electron chi connectivity index (χ4n) is 3.54. The average Bonchev–Trinajstić information content (AvgIpc) is 2.35. The fourth-order valence-corrected chi connectivity index (χ4v) is 3.54. The van der Waals surface area contributed by atoms with Crippen molar-refractivity contribution in [3.05, 3.63) is 34.9 Å². The fraction of sp³-hybridized carbons (Fsp3) is 0.647. The summed E-state index contributed by atoms with van der Waals surface area (Å²) in [5.74, 6) is -1.07. The molecule has 1 saturated carbocycles. The Morgan fingerprint density at radius 1 is 1.15 bits per heavy atom. The molecule has 0 spiro atoms. The van der Waals surface area contributed by atoms with E-state index < -0.39 is 23.2 Å². The number of halogens is 2. The van der Waals surface area contributed by atoms with Crippen LogP contribution in [0, 0.1) is 30.4 Å². The van der Waals surface area contributed by atoms with Crippen LogP contribution in [0.1, 0.15) is 51.2 Å². The highest BCUT2D eigenvalue weighted by Crippen LogP contribution is 2.43. The Labute approximate surface area is 120 Å². The van der Waals surface area contributed by atoms with Crippen molar-refractivity contribution in [1.82, 2.24) is 0 Å². The predicted octanol–water partition coefficient (Wildman–Crippen LogP) is 4.35. The van der Waals surface area contributed by atoms with Gasteiger partial charge in [0, 0.05) is 0 Å². The summed E-state index contributed by atoms with van der Waals surface area (Å²) < 4.78 is 28.1. The average molecular weight is 282 g/mol. The summed E-state index contributed by atoms with van der Waals surface area (Å²) in [6.07, 6.45) is 2.17. The molecule has 1 aliphatic carbocycles. The molecule has 20 heavy (non-hydrogen) atoms. The van der Waals surface area contributed by atoms with E-state index in [0.717, 1.165) is 19.3 Å². The van der Waals surface area contributed by atoms with Gasteiger partial charge >= 0.3 is 0 Å². The maximum absolute atomic E-state index is 14.3. The van der Waals surface area contributed by atoms with Crippen molar-refractivity contribution in [3.63, 3.8) is 0 Å². The Bertz CT molecular complexity index is 496. The maximum Gasteiger partial charge on any atom is 0.162 e. The van der Waals surface area contributed by atoms with Crippen molar-refractivity contribution in [1.29, 1.82) is 0 Å². The quantitative estimate of drug-likeness (QED) is 0.855. The van der Waals surface area contributed by atoms with Crippen LogP contribution in [0.5, 0.6) is 0 Å². The second kappa shape index (κ2) is 5.44. The molecule has 3 unspecified atom stereocenters. The van der Waals surface area contributed by atoms with Gasteiger partial charge in [-0.1, -0.05) is 39.3 Å². The van der Waals surface area contributed by atoms with Gasteiger partial charge in [0.25, 0.3) is 0 Å². The zero-order chi connectivity index (χ0) is 15.1. The molecule has 1 nitrogen and oxygen atoms in total. The number of hydrogen-bond donors (Lipinski definition) is 1. The van der Waals surface area contributed by atoms with Crippen LogP contribution in [0.15, 0.2) is 12.1 Å². The predicted molar refractivity (Wildman–Crippen MR) is 76.6 cm³/mol. The number of aliphatic hydroxyl groups excluding tert-OH is 1. The van der Waals surface area contributed by atoms with Crippen LogP contribution in [-0.2, 0) is 5.41 Å². The normalized spacial score (nSPS) is 27.6. The van der Waals surface area contributed by atoms with Crippen LogP contribution in [0.3, 0.4) is 0 Å². The molecule has 0 heterocycles. The first-order valence-corrected chi connectivity index (χ1v) is 7.38. The van der Waals surface area contributed by atoms with E-state index in [9.17, 15) is 13.9 Å². The molecule has 0 aromatic heterocycles. The molecular weight excluding hydrogens is 258 g/mol. The number of aryl methyl sites for hydroxylation is 1. The van der Waals surface area contributed by atoms with Gasteiger partial charge in [0.1, 0.15) is 0 Å². The van der Waals surface area contributed by atoms with Gasteiger partial charge in [-0.2, -0.15) is 0 Å². The van der Waals surface area contributed by atoms with Crippen LogP contribution in [-0.4, -0.2) is 11.2 Å². The summed E-state index contributed by atoms with van der Waals surface area (Å²) in [6.45, 7) is 7.50. The molecule has 3 atom stereocenters. The second-order valence-corrected chi connectivity index (χ2v) is 6.87. The zero-order valence-electron chi connectivity index (χ0n) is 12.7. The Hall–Kier alpha value is -0.960. The zero-order valence-corrected chi connectivity index (χ0v) is 12.7. The van der Waals surface area contributed by atoms with Crippen LogP contribution < -0.4 is 0 Å². The van der Waals surface area contributed by atoms with Crippen molar-refractivity contribution in [2.75, 3.05) is 0 Å². The van der Waals surface area contributed by atoms with E-state index in [2.05, 4.69) is 6.92 Å². The molecule has 1 aliphatic rings. The standard InChI is InChI=1S/C17H24F2O/c1-10-5-7-12(14(20)9-10)17(3,4)13-8-6-11(2)15(18)16(13)19/h6,8,10,12,14,20H,5,7,9H2,1-4H3. The Morgan fingerprint density at radius 2 is 1.80 bits per heavy atom. The highest BCUT2D eigenvalue weighted by Gasteiger charge is 2.41. The third-order valence-corrected chi connectivity index (χ3v) is 4.98. The Balaban J connectivity index is 2.37. The van der Waals surface area contributed by atoms with Crippen molar-refractivity contribution >= 4 is 0 Å². The lowest BCUT2D eigenvalue weighted by Gasteiger charge is -2.42. The number of benzene rings is 1. The maximum atomic E-state index is 14.3. The Kier molecular flexibility index (Phi) is 4.19. The van der Waals surface area contributed by atoms with Gasteiger partial charge < -0.3 is 5.11 Å². The van der Waals surface area contributed by atoms with Crippen LogP contribution in [0.25, 0.3) is 0 Å². The number of hydrogen-bond acceptors (Lipinski definition) is 1. The monoisotopic (exact) mass is 282 g/mol. The van der Waals surface area contributed by atoms with Gasteiger partial charge in [-0.05, 0) is 48.1 Å². The lowest BCUT2D eigenvalue weighted by molar-refractivity contribution is 0.0133. The third kappa shape index (κ3) is 2.60. The van der Waals surface area contributed by atoms with Crippen molar-refractivity contribution in [3.8, 4) is 0 Å². The van der Waals surface area contributed by atoms with Crippen LogP contribution in [0.4, 0.5) is 8.78 Å². The molecule has 1 aromatic carbocycles. The van der Waals surface area contributed by atoms with Crippen molar-refractivity contribution in [2.45, 2.75) is 58.5 Å². The van der Waals surface area contributed by atoms with Gasteiger partial charge in [0.05, 0.1) is 6.10 Å². The minimum absolute atomic E-state index is 0.0321. The van der Waals surface area contributed by atoms with Gasteiger partial charge in [-0.3, -0.25) is 0 Å². The molecule has 1 aromatic rings. The van der Waals surface area contributed by atoms with Gasteiger partial charge in [-0.15, -0.1) is 0 Å². The molecule has 0 aliphatic heterocycles. The lowest BCUT2D eigenvalue weighted by Crippen LogP contribution is -2.41. The second-order valence-electron chi connectivity index (χ2n) is 6.87. The molecule has 2 rings (SSSR count). The van der Waals surface area contributed by atoms with E-state index in [1.807, 2.05) is 13.8 Å². The third-order valence-electron chi connectivity index (χ3n) is 4.98. The van der Waals surface area contributed by atoms with Crippen LogP contribution >= 0.6 is 0 Å². The highest BCUT2D eigenvalue weighted by molar-refractivity contribution is 5.32. The molecule has 3 heteroatoms. The number of rotatable bonds is 2. The first-order valence-electron chi connectivity index (χ1n) is 7.38.